The summed E-state index contributed by atoms with van der Waals surface area (Å²) in [7, 11) is -3.41. The normalized spacial score (nSPS) is 15.6. The molecule has 1 amide bonds. The van der Waals surface area contributed by atoms with Gasteiger partial charge in [0.25, 0.3) is 5.91 Å². The largest absolute Gasteiger partial charge is 0.332 e. The highest BCUT2D eigenvalue weighted by Crippen LogP contribution is 2.20. The summed E-state index contributed by atoms with van der Waals surface area (Å²) >= 11 is 7.58. The van der Waals surface area contributed by atoms with E-state index in [0.717, 1.165) is 5.56 Å². The molecule has 1 aliphatic rings. The van der Waals surface area contributed by atoms with Crippen LogP contribution in [0, 0.1) is 0 Å². The molecular weight excluding hydrogens is 406 g/mol. The van der Waals surface area contributed by atoms with E-state index in [1.165, 1.54) is 15.6 Å². The molecule has 2 aromatic rings. The molecule has 2 heterocycles. The summed E-state index contributed by atoms with van der Waals surface area (Å²) in [6, 6.07) is 10.9. The van der Waals surface area contributed by atoms with Crippen molar-refractivity contribution in [2.24, 2.45) is 0 Å². The Kier molecular flexibility index (Phi) is 6.88. The topological polar surface area (TPSA) is 69.7 Å². The van der Waals surface area contributed by atoms with Gasteiger partial charge in [0.15, 0.2) is 0 Å². The van der Waals surface area contributed by atoms with Crippen molar-refractivity contribution in [1.82, 2.24) is 14.5 Å². The molecule has 1 fully saturated rings. The smallest absolute Gasteiger partial charge is 0.264 e. The number of nitrogens with one attached hydrogen (secondary N) is 1. The zero-order chi connectivity index (χ0) is 19.3. The summed E-state index contributed by atoms with van der Waals surface area (Å²) in [5.41, 5.74) is 0.795. The monoisotopic (exact) mass is 427 g/mol. The van der Waals surface area contributed by atoms with Crippen molar-refractivity contribution in [3.8, 4) is 0 Å². The molecule has 0 spiro atoms. The fraction of sp³-hybridized carbons (Fsp3) is 0.389. The maximum atomic E-state index is 12.9. The Labute approximate surface area is 168 Å². The molecule has 27 heavy (non-hydrogen) atoms. The molecule has 1 saturated heterocycles. The first-order valence-electron chi connectivity index (χ1n) is 8.72. The first kappa shape index (κ1) is 20.3. The number of benzene rings is 1. The first-order valence-corrected chi connectivity index (χ1v) is 11.6. The lowest BCUT2D eigenvalue weighted by atomic mass is 10.2. The van der Waals surface area contributed by atoms with Crippen LogP contribution in [0.3, 0.4) is 0 Å². The van der Waals surface area contributed by atoms with Crippen LogP contribution in [0.5, 0.6) is 0 Å². The summed E-state index contributed by atoms with van der Waals surface area (Å²) < 4.78 is 26.8. The van der Waals surface area contributed by atoms with E-state index in [2.05, 4.69) is 5.32 Å². The zero-order valence-electron chi connectivity index (χ0n) is 14.8. The molecular formula is C18H22ClN3O3S2. The molecule has 3 rings (SSSR count). The number of carbonyl (C=O) groups is 1. The highest BCUT2D eigenvalue weighted by atomic mass is 35.5. The third kappa shape index (κ3) is 5.30. The summed E-state index contributed by atoms with van der Waals surface area (Å²) in [4.78, 5) is 15.0. The first-order chi connectivity index (χ1) is 13.0. The number of hydrogen-bond acceptors (Lipinski definition) is 5. The van der Waals surface area contributed by atoms with E-state index in [4.69, 9.17) is 11.6 Å². The second-order valence-electron chi connectivity index (χ2n) is 6.26. The lowest BCUT2D eigenvalue weighted by molar-refractivity contribution is 0.0758. The maximum Gasteiger partial charge on any atom is 0.264 e. The number of sulfonamides is 1. The SMILES string of the molecule is O=C(c1cccs1)N(CCS(=O)(=O)N1CCNCC1)Cc1ccccc1Cl. The zero-order valence-corrected chi connectivity index (χ0v) is 17.2. The van der Waals surface area contributed by atoms with Gasteiger partial charge in [-0.2, -0.15) is 4.31 Å². The Morgan fingerprint density at radius 2 is 1.93 bits per heavy atom. The van der Waals surface area contributed by atoms with Crippen molar-refractivity contribution in [1.29, 1.82) is 0 Å². The van der Waals surface area contributed by atoms with E-state index in [0.29, 0.717) is 36.1 Å². The van der Waals surface area contributed by atoms with Gasteiger partial charge in [-0.3, -0.25) is 4.79 Å². The van der Waals surface area contributed by atoms with E-state index in [1.807, 2.05) is 29.6 Å². The van der Waals surface area contributed by atoms with Crippen molar-refractivity contribution in [3.63, 3.8) is 0 Å². The second-order valence-corrected chi connectivity index (χ2v) is 9.70. The Morgan fingerprint density at radius 3 is 2.59 bits per heavy atom. The van der Waals surface area contributed by atoms with Gasteiger partial charge in [0.05, 0.1) is 10.6 Å². The van der Waals surface area contributed by atoms with E-state index in [1.54, 1.807) is 17.0 Å². The minimum absolute atomic E-state index is 0.103. The Balaban J connectivity index is 1.75. The number of carbonyl (C=O) groups excluding carboxylic acids is 1. The quantitative estimate of drug-likeness (QED) is 0.736. The van der Waals surface area contributed by atoms with Crippen LogP contribution < -0.4 is 5.32 Å². The molecule has 0 radical (unpaired) electrons. The number of piperazine rings is 1. The number of rotatable bonds is 7. The van der Waals surface area contributed by atoms with Crippen molar-refractivity contribution < 1.29 is 13.2 Å². The third-order valence-electron chi connectivity index (χ3n) is 4.43. The highest BCUT2D eigenvalue weighted by molar-refractivity contribution is 7.89. The van der Waals surface area contributed by atoms with Gasteiger partial charge in [-0.05, 0) is 23.1 Å². The summed E-state index contributed by atoms with van der Waals surface area (Å²) in [6.45, 7) is 2.62. The van der Waals surface area contributed by atoms with E-state index in [-0.39, 0.29) is 24.7 Å². The third-order valence-corrected chi connectivity index (χ3v) is 7.50. The fourth-order valence-electron chi connectivity index (χ4n) is 2.92. The molecule has 0 atom stereocenters. The van der Waals surface area contributed by atoms with Crippen molar-refractivity contribution in [2.75, 3.05) is 38.5 Å². The maximum absolute atomic E-state index is 12.9. The van der Waals surface area contributed by atoms with Crippen LogP contribution >= 0.6 is 22.9 Å². The van der Waals surface area contributed by atoms with Gasteiger partial charge in [-0.25, -0.2) is 8.42 Å². The Bertz CT molecular complexity index is 866. The highest BCUT2D eigenvalue weighted by Gasteiger charge is 2.26. The molecule has 1 aromatic heterocycles. The van der Waals surface area contributed by atoms with Crippen LogP contribution in [-0.2, 0) is 16.6 Å². The Morgan fingerprint density at radius 1 is 1.19 bits per heavy atom. The molecule has 0 unspecified atom stereocenters. The van der Waals surface area contributed by atoms with Crippen LogP contribution in [0.25, 0.3) is 0 Å². The van der Waals surface area contributed by atoms with E-state index < -0.39 is 10.0 Å². The van der Waals surface area contributed by atoms with Crippen molar-refractivity contribution >= 4 is 38.9 Å². The summed E-state index contributed by atoms with van der Waals surface area (Å²) in [5, 5.41) is 5.54. The molecule has 9 heteroatoms. The standard InChI is InChI=1S/C18H22ClN3O3S2/c19-16-5-2-1-4-15(16)14-21(18(23)17-6-3-12-26-17)11-13-27(24,25)22-9-7-20-8-10-22/h1-6,12,20H,7-11,13-14H2. The summed E-state index contributed by atoms with van der Waals surface area (Å²) in [6.07, 6.45) is 0. The number of nitrogens with zero attached hydrogens (tertiary/aromatic N) is 2. The van der Waals surface area contributed by atoms with Crippen LogP contribution in [0.4, 0.5) is 0 Å². The van der Waals surface area contributed by atoms with E-state index >= 15 is 0 Å². The number of halogens is 1. The van der Waals surface area contributed by atoms with Crippen LogP contribution in [0.1, 0.15) is 15.2 Å². The van der Waals surface area contributed by atoms with Gasteiger partial charge >= 0.3 is 0 Å². The lowest BCUT2D eigenvalue weighted by Gasteiger charge is -2.28. The molecule has 0 aliphatic carbocycles. The fourth-order valence-corrected chi connectivity index (χ4v) is 5.25. The lowest BCUT2D eigenvalue weighted by Crippen LogP contribution is -2.48. The van der Waals surface area contributed by atoms with Crippen molar-refractivity contribution in [3.05, 3.63) is 57.2 Å². The predicted molar refractivity (Wildman–Crippen MR) is 109 cm³/mol. The molecule has 0 saturated carbocycles. The molecule has 0 bridgehead atoms. The number of hydrogen-bond donors (Lipinski definition) is 1. The average molecular weight is 428 g/mol. The molecule has 1 aliphatic heterocycles. The van der Waals surface area contributed by atoms with Crippen LogP contribution in [0.15, 0.2) is 41.8 Å². The number of thiophene rings is 1. The summed E-state index contributed by atoms with van der Waals surface area (Å²) in [5.74, 6) is -0.283. The van der Waals surface area contributed by atoms with Gasteiger partial charge in [0.2, 0.25) is 10.0 Å². The molecule has 6 nitrogen and oxygen atoms in total. The Hall–Kier alpha value is -1.45. The van der Waals surface area contributed by atoms with Gasteiger partial charge < -0.3 is 10.2 Å². The second kappa shape index (κ2) is 9.16. The molecule has 1 N–H and O–H groups in total. The van der Waals surface area contributed by atoms with Gasteiger partial charge in [0, 0.05) is 44.3 Å². The van der Waals surface area contributed by atoms with Crippen molar-refractivity contribution in [2.45, 2.75) is 6.54 Å². The molecule has 146 valence electrons. The minimum Gasteiger partial charge on any atom is -0.332 e. The van der Waals surface area contributed by atoms with Gasteiger partial charge in [-0.15, -0.1) is 11.3 Å². The number of amides is 1. The van der Waals surface area contributed by atoms with Gasteiger partial charge in [-0.1, -0.05) is 35.9 Å². The average Bonchev–Trinajstić information content (AvgIpc) is 3.21. The van der Waals surface area contributed by atoms with E-state index in [9.17, 15) is 13.2 Å². The minimum atomic E-state index is -3.41. The molecule has 1 aromatic carbocycles. The predicted octanol–water partition coefficient (Wildman–Crippen LogP) is 2.28. The van der Waals surface area contributed by atoms with Crippen LogP contribution in [0.2, 0.25) is 5.02 Å². The van der Waals surface area contributed by atoms with Gasteiger partial charge in [0.1, 0.15) is 0 Å². The van der Waals surface area contributed by atoms with Crippen LogP contribution in [-0.4, -0.2) is 62.0 Å².